The maximum absolute atomic E-state index is 12.6. The molecule has 11 nitrogen and oxygen atoms in total. The van der Waals surface area contributed by atoms with Gasteiger partial charge in [0.1, 0.15) is 0 Å². The van der Waals surface area contributed by atoms with Crippen molar-refractivity contribution in [2.45, 2.75) is 218 Å². The van der Waals surface area contributed by atoms with Crippen LogP contribution in [-0.2, 0) is 37.2 Å². The van der Waals surface area contributed by atoms with Crippen molar-refractivity contribution >= 4 is 48.8 Å². The van der Waals surface area contributed by atoms with E-state index < -0.39 is 66.3 Å². The molecule has 4 aliphatic rings. The molecule has 2 unspecified atom stereocenters. The molecule has 3 saturated carbocycles. The molecule has 0 bridgehead atoms. The van der Waals surface area contributed by atoms with Crippen molar-refractivity contribution in [3.8, 4) is 0 Å². The maximum atomic E-state index is 12.6. The maximum Gasteiger partial charge on any atom is 0.342 e. The molecule has 0 radical (unpaired) electrons. The van der Waals surface area contributed by atoms with Gasteiger partial charge >= 0.3 is 23.9 Å². The van der Waals surface area contributed by atoms with Crippen molar-refractivity contribution in [1.82, 2.24) is 0 Å². The van der Waals surface area contributed by atoms with Gasteiger partial charge in [0.2, 0.25) is 0 Å². The molecular formula is C44H80O11Si3. The van der Waals surface area contributed by atoms with E-state index in [0.717, 1.165) is 25.7 Å². The van der Waals surface area contributed by atoms with Crippen LogP contribution < -0.4 is 0 Å². The molecule has 14 heteroatoms. The third-order valence-corrected chi connectivity index (χ3v) is 28.8. The van der Waals surface area contributed by atoms with Crippen LogP contribution in [0.4, 0.5) is 0 Å². The predicted molar refractivity (Wildman–Crippen MR) is 235 cm³/mol. The Balaban J connectivity index is 0.000000361. The van der Waals surface area contributed by atoms with Crippen LogP contribution in [0.3, 0.4) is 0 Å². The molecule has 1 aliphatic heterocycles. The van der Waals surface area contributed by atoms with Crippen LogP contribution in [0.1, 0.15) is 139 Å². The van der Waals surface area contributed by atoms with E-state index in [1.165, 1.54) is 6.08 Å². The van der Waals surface area contributed by atoms with E-state index in [4.69, 9.17) is 13.3 Å². The van der Waals surface area contributed by atoms with Gasteiger partial charge in [0, 0.05) is 30.0 Å². The molecule has 58 heavy (non-hydrogen) atoms. The predicted octanol–water partition coefficient (Wildman–Crippen LogP) is 10.2. The van der Waals surface area contributed by atoms with E-state index in [1.54, 1.807) is 0 Å². The van der Waals surface area contributed by atoms with Crippen LogP contribution >= 0.6 is 0 Å². The minimum absolute atomic E-state index is 0.0291. The first kappa shape index (κ1) is 50.7. The highest BCUT2D eigenvalue weighted by Crippen LogP contribution is 2.48. The molecule has 3 fully saturated rings. The van der Waals surface area contributed by atoms with Crippen LogP contribution in [-0.4, -0.2) is 88.1 Å². The fraction of sp³-hybridized carbons (Fsp3) is 0.864. The Labute approximate surface area is 353 Å². The molecule has 2 atom stereocenters. The standard InChI is InChI=1S/C28H54O7Si2.C16H26O4Si/c1-26(2,3)36(7,8)34-21-15-11-19(12-16-21)23(24(29)30)28(33,25(31)32)20-13-17-22(18-14-20)35-37(9,10)27(4,5)6;1-16(2,3)21(4,5)20-12-8-6-11(7-9-12)13-10-14(17)19-15(13)18/h19-23,33H,11-18H2,1-10H3,(H,29,30)(H,31,32);10-12H,6-9H2,1-5H3. The van der Waals surface area contributed by atoms with E-state index in [9.17, 15) is 34.5 Å². The average molecular weight is 869 g/mol. The molecule has 4 rings (SSSR count). The van der Waals surface area contributed by atoms with Crippen molar-refractivity contribution in [3.05, 3.63) is 11.6 Å². The Morgan fingerprint density at radius 1 is 0.621 bits per heavy atom. The number of carbonyl (C=O) groups is 4. The monoisotopic (exact) mass is 869 g/mol. The summed E-state index contributed by atoms with van der Waals surface area (Å²) in [6.45, 7) is 33.3. The summed E-state index contributed by atoms with van der Waals surface area (Å²) in [5.41, 5.74) is -1.73. The number of esters is 2. The molecule has 3 N–H and O–H groups in total. The van der Waals surface area contributed by atoms with Crippen LogP contribution in [0, 0.1) is 23.7 Å². The lowest BCUT2D eigenvalue weighted by Crippen LogP contribution is -2.58. The quantitative estimate of drug-likeness (QED) is 0.0971. The summed E-state index contributed by atoms with van der Waals surface area (Å²) in [7, 11) is -5.65. The van der Waals surface area contributed by atoms with Crippen molar-refractivity contribution in [3.63, 3.8) is 0 Å². The summed E-state index contributed by atoms with van der Waals surface area (Å²) in [5, 5.41) is 32.5. The molecule has 0 amide bonds. The molecule has 3 aliphatic carbocycles. The lowest BCUT2D eigenvalue weighted by molar-refractivity contribution is -0.191. The number of carbonyl (C=O) groups excluding carboxylic acids is 2. The van der Waals surface area contributed by atoms with Gasteiger partial charge in [0.05, 0.1) is 5.92 Å². The Morgan fingerprint density at radius 3 is 1.26 bits per heavy atom. The summed E-state index contributed by atoms with van der Waals surface area (Å²) in [6.07, 6.45) is 10.1. The van der Waals surface area contributed by atoms with E-state index in [0.29, 0.717) is 56.9 Å². The number of carboxylic acid groups (broad SMARTS) is 2. The second kappa shape index (κ2) is 18.7. The Kier molecular flexibility index (Phi) is 16.4. The van der Waals surface area contributed by atoms with E-state index in [1.807, 2.05) is 0 Å². The molecule has 334 valence electrons. The zero-order valence-corrected chi connectivity index (χ0v) is 41.7. The van der Waals surface area contributed by atoms with Gasteiger partial charge < -0.3 is 33.3 Å². The number of carboxylic acids is 2. The average Bonchev–Trinajstić information content (AvgIpc) is 3.41. The normalized spacial score (nSPS) is 28.4. The van der Waals surface area contributed by atoms with Gasteiger partial charge in [0.15, 0.2) is 30.6 Å². The fourth-order valence-electron chi connectivity index (χ4n) is 8.39. The smallest absolute Gasteiger partial charge is 0.342 e. The molecule has 0 saturated heterocycles. The first-order valence-electron chi connectivity index (χ1n) is 21.9. The van der Waals surface area contributed by atoms with Crippen LogP contribution in [0.25, 0.3) is 0 Å². The number of aliphatic carboxylic acids is 2. The third-order valence-electron chi connectivity index (χ3n) is 15.2. The SMILES string of the molecule is CC(C)(C)[Si](C)(C)OC1CCC(C(C(=O)O)C(O)(C(=O)O)C2CCC(O[Si](C)(C)C(C)(C)C)CC2)CC1.CC(C)(C)[Si](C)(C)OC1CCC(C2=CC(=O)OC2=O)CC1. The van der Waals surface area contributed by atoms with Gasteiger partial charge in [-0.3, -0.25) is 4.79 Å². The fourth-order valence-corrected chi connectivity index (χ4v) is 12.7. The summed E-state index contributed by atoms with van der Waals surface area (Å²) < 4.78 is 24.1. The van der Waals surface area contributed by atoms with Crippen molar-refractivity contribution in [2.24, 2.45) is 23.7 Å². The number of rotatable bonds is 12. The summed E-state index contributed by atoms with van der Waals surface area (Å²) in [5.74, 6) is -5.76. The molecule has 0 aromatic heterocycles. The minimum Gasteiger partial charge on any atom is -0.481 e. The molecule has 0 spiro atoms. The third kappa shape index (κ3) is 12.2. The number of hydrogen-bond donors (Lipinski definition) is 3. The van der Waals surface area contributed by atoms with Crippen molar-refractivity contribution < 1.29 is 52.5 Å². The second-order valence-corrected chi connectivity index (χ2v) is 36.6. The summed E-state index contributed by atoms with van der Waals surface area (Å²) in [6, 6.07) is 0. The molecule has 0 aromatic rings. The zero-order valence-electron chi connectivity index (χ0n) is 38.7. The van der Waals surface area contributed by atoms with Crippen molar-refractivity contribution in [2.75, 3.05) is 0 Å². The van der Waals surface area contributed by atoms with Crippen LogP contribution in [0.15, 0.2) is 11.6 Å². The highest BCUT2D eigenvalue weighted by Gasteiger charge is 2.57. The number of aliphatic hydroxyl groups is 1. The Hall–Kier alpha value is -1.69. The highest BCUT2D eigenvalue weighted by atomic mass is 28.4. The number of ether oxygens (including phenoxy) is 1. The lowest BCUT2D eigenvalue weighted by atomic mass is 9.63. The number of cyclic esters (lactones) is 2. The lowest BCUT2D eigenvalue weighted by Gasteiger charge is -2.46. The van der Waals surface area contributed by atoms with Gasteiger partial charge in [-0.25, -0.2) is 14.4 Å². The van der Waals surface area contributed by atoms with E-state index in [-0.39, 0.29) is 45.3 Å². The molecule has 1 heterocycles. The van der Waals surface area contributed by atoms with Crippen LogP contribution in [0.2, 0.25) is 54.4 Å². The van der Waals surface area contributed by atoms with E-state index in [2.05, 4.69) is 106 Å². The topological polar surface area (TPSA) is 166 Å². The molecular weight excluding hydrogens is 789 g/mol. The minimum atomic E-state index is -2.29. The van der Waals surface area contributed by atoms with E-state index >= 15 is 0 Å². The summed E-state index contributed by atoms with van der Waals surface area (Å²) in [4.78, 5) is 47.8. The Bertz CT molecular complexity index is 1480. The zero-order chi connectivity index (χ0) is 44.4. The van der Waals surface area contributed by atoms with Gasteiger partial charge in [-0.05, 0) is 149 Å². The first-order valence-corrected chi connectivity index (χ1v) is 30.7. The van der Waals surface area contributed by atoms with Crippen LogP contribution in [0.5, 0.6) is 0 Å². The first-order chi connectivity index (χ1) is 26.2. The van der Waals surface area contributed by atoms with Gasteiger partial charge in [-0.2, -0.15) is 0 Å². The Morgan fingerprint density at radius 2 is 0.966 bits per heavy atom. The van der Waals surface area contributed by atoms with Gasteiger partial charge in [-0.15, -0.1) is 0 Å². The highest BCUT2D eigenvalue weighted by molar-refractivity contribution is 6.75. The largest absolute Gasteiger partial charge is 0.481 e. The number of hydrogen-bond acceptors (Lipinski definition) is 9. The van der Waals surface area contributed by atoms with Gasteiger partial charge in [0.25, 0.3) is 0 Å². The summed E-state index contributed by atoms with van der Waals surface area (Å²) >= 11 is 0. The van der Waals surface area contributed by atoms with Crippen molar-refractivity contribution in [1.29, 1.82) is 0 Å². The molecule has 0 aromatic carbocycles. The van der Waals surface area contributed by atoms with Gasteiger partial charge in [-0.1, -0.05) is 62.3 Å². The second-order valence-electron chi connectivity index (χ2n) is 22.4.